The van der Waals surface area contributed by atoms with E-state index in [4.69, 9.17) is 14.2 Å². The maximum absolute atomic E-state index is 13.6. The van der Waals surface area contributed by atoms with E-state index in [0.29, 0.717) is 33.3 Å². The van der Waals surface area contributed by atoms with Gasteiger partial charge in [-0.25, -0.2) is 9.59 Å². The largest absolute Gasteiger partial charge is 0.481 e. The number of carbonyl (C=O) groups is 3. The average Bonchev–Trinajstić information content (AvgIpc) is 3.16. The number of carbonyl (C=O) groups excluding carboxylic acids is 3. The maximum Gasteiger partial charge on any atom is 0.344 e. The van der Waals surface area contributed by atoms with E-state index >= 15 is 0 Å². The molecule has 1 aromatic carbocycles. The summed E-state index contributed by atoms with van der Waals surface area (Å²) in [6, 6.07) is 12.3. The van der Waals surface area contributed by atoms with Crippen LogP contribution in [0, 0.1) is 0 Å². The zero-order valence-corrected chi connectivity index (χ0v) is 20.2. The highest BCUT2D eigenvalue weighted by Crippen LogP contribution is 2.46. The Morgan fingerprint density at radius 2 is 1.94 bits per heavy atom. The predicted molar refractivity (Wildman–Crippen MR) is 131 cm³/mol. The predicted octanol–water partition coefficient (Wildman–Crippen LogP) is 3.28. The van der Waals surface area contributed by atoms with E-state index in [-0.39, 0.29) is 24.7 Å². The number of pyridine rings is 1. The number of benzene rings is 1. The van der Waals surface area contributed by atoms with Crippen LogP contribution in [0.3, 0.4) is 0 Å². The van der Waals surface area contributed by atoms with Gasteiger partial charge in [0, 0.05) is 11.8 Å². The molecule has 1 aromatic heterocycles. The number of amides is 1. The third-order valence-electron chi connectivity index (χ3n) is 5.18. The van der Waals surface area contributed by atoms with Crippen molar-refractivity contribution in [1.29, 1.82) is 0 Å². The van der Waals surface area contributed by atoms with Crippen molar-refractivity contribution >= 4 is 47.1 Å². The van der Waals surface area contributed by atoms with E-state index in [0.717, 1.165) is 0 Å². The van der Waals surface area contributed by atoms with Gasteiger partial charge in [0.2, 0.25) is 0 Å². The van der Waals surface area contributed by atoms with Crippen LogP contribution in [0.15, 0.2) is 64.1 Å². The van der Waals surface area contributed by atoms with Crippen LogP contribution in [0.25, 0.3) is 11.8 Å². The van der Waals surface area contributed by atoms with Gasteiger partial charge in [0.15, 0.2) is 12.1 Å². The number of hydrogen-bond acceptors (Lipinski definition) is 9. The Labute approximate surface area is 206 Å². The molecule has 0 aliphatic carbocycles. The molecule has 1 atom stereocenters. The summed E-state index contributed by atoms with van der Waals surface area (Å²) < 4.78 is 15.7. The van der Waals surface area contributed by atoms with Gasteiger partial charge in [0.25, 0.3) is 5.91 Å². The van der Waals surface area contributed by atoms with Crippen LogP contribution >= 0.6 is 11.8 Å². The summed E-state index contributed by atoms with van der Waals surface area (Å²) >= 11 is 1.26. The molecule has 180 valence electrons. The molecule has 1 unspecified atom stereocenters. The quantitative estimate of drug-likeness (QED) is 0.427. The number of methoxy groups -OCH3 is 1. The molecule has 2 aromatic rings. The number of para-hydroxylation sites is 1. The average molecular weight is 494 g/mol. The molecule has 1 saturated heterocycles. The van der Waals surface area contributed by atoms with Gasteiger partial charge in [-0.2, -0.15) is 0 Å². The Kier molecular flexibility index (Phi) is 7.31. The minimum atomic E-state index is -0.639. The van der Waals surface area contributed by atoms with E-state index in [2.05, 4.69) is 9.98 Å². The lowest BCUT2D eigenvalue weighted by atomic mass is 9.99. The molecule has 0 radical (unpaired) electrons. The number of hydrogen-bond donors (Lipinski definition) is 0. The zero-order valence-electron chi connectivity index (χ0n) is 19.4. The summed E-state index contributed by atoms with van der Waals surface area (Å²) in [7, 11) is 1.27. The number of rotatable bonds is 7. The monoisotopic (exact) mass is 493 g/mol. The number of nitrogens with zero attached hydrogens (tertiary/aromatic N) is 3. The van der Waals surface area contributed by atoms with Crippen LogP contribution in [0.5, 0.6) is 5.75 Å². The fourth-order valence-electron chi connectivity index (χ4n) is 3.68. The van der Waals surface area contributed by atoms with Crippen LogP contribution in [0.1, 0.15) is 25.1 Å². The van der Waals surface area contributed by atoms with Crippen molar-refractivity contribution in [3.8, 4) is 5.75 Å². The molecule has 2 aliphatic rings. The second-order valence-corrected chi connectivity index (χ2v) is 8.50. The van der Waals surface area contributed by atoms with E-state index in [1.54, 1.807) is 62.5 Å². The van der Waals surface area contributed by atoms with Gasteiger partial charge < -0.3 is 14.2 Å². The lowest BCUT2D eigenvalue weighted by Gasteiger charge is -2.31. The molecule has 2 aliphatic heterocycles. The molecule has 0 spiro atoms. The minimum Gasteiger partial charge on any atom is -0.481 e. The second-order valence-electron chi connectivity index (χ2n) is 7.40. The first-order valence-electron chi connectivity index (χ1n) is 10.8. The van der Waals surface area contributed by atoms with Gasteiger partial charge >= 0.3 is 11.9 Å². The Morgan fingerprint density at radius 1 is 1.17 bits per heavy atom. The minimum absolute atomic E-state index is 0.143. The summed E-state index contributed by atoms with van der Waals surface area (Å²) in [5.74, 6) is -1.19. The highest BCUT2D eigenvalue weighted by Gasteiger charge is 2.45. The molecule has 0 bridgehead atoms. The fourth-order valence-corrected chi connectivity index (χ4v) is 4.82. The summed E-state index contributed by atoms with van der Waals surface area (Å²) in [6.45, 7) is 3.30. The van der Waals surface area contributed by atoms with Crippen LogP contribution in [0.2, 0.25) is 0 Å². The molecule has 9 nitrogen and oxygen atoms in total. The number of fused-ring (bicyclic) bond motifs is 1. The molecule has 0 N–H and O–H groups in total. The molecule has 10 heteroatoms. The van der Waals surface area contributed by atoms with Crippen molar-refractivity contribution in [1.82, 2.24) is 9.88 Å². The zero-order chi connectivity index (χ0) is 24.9. The number of thioether (sulfide) groups is 1. The van der Waals surface area contributed by atoms with Crippen molar-refractivity contribution < 1.29 is 28.6 Å². The highest BCUT2D eigenvalue weighted by atomic mass is 32.2. The first kappa shape index (κ1) is 24.2. The molecular weight excluding hydrogens is 470 g/mol. The smallest absolute Gasteiger partial charge is 0.344 e. The van der Waals surface area contributed by atoms with Crippen molar-refractivity contribution in [3.05, 3.63) is 70.4 Å². The molecule has 0 saturated carbocycles. The van der Waals surface area contributed by atoms with E-state index < -0.39 is 17.4 Å². The van der Waals surface area contributed by atoms with Gasteiger partial charge in [0.1, 0.15) is 11.3 Å². The first-order chi connectivity index (χ1) is 16.9. The summed E-state index contributed by atoms with van der Waals surface area (Å²) in [5.41, 5.74) is 1.32. The van der Waals surface area contributed by atoms with Gasteiger partial charge in [-0.15, -0.1) is 0 Å². The van der Waals surface area contributed by atoms with Crippen LogP contribution in [-0.2, 0) is 23.9 Å². The Bertz CT molecular complexity index is 1250. The number of ether oxygens (including phenoxy) is 3. The summed E-state index contributed by atoms with van der Waals surface area (Å²) in [6.07, 6.45) is 3.33. The second kappa shape index (κ2) is 10.6. The van der Waals surface area contributed by atoms with Gasteiger partial charge in [-0.1, -0.05) is 30.0 Å². The molecular formula is C25H23N3O6S. The number of aliphatic imine (C=N–C) groups is 1. The summed E-state index contributed by atoms with van der Waals surface area (Å²) in [5, 5.41) is 0. The van der Waals surface area contributed by atoms with Gasteiger partial charge in [-0.3, -0.25) is 19.7 Å². The number of aromatic nitrogens is 1. The van der Waals surface area contributed by atoms with E-state index in [9.17, 15) is 14.4 Å². The normalized spacial score (nSPS) is 18.3. The Morgan fingerprint density at radius 3 is 2.66 bits per heavy atom. The van der Waals surface area contributed by atoms with Gasteiger partial charge in [0.05, 0.1) is 35.7 Å². The van der Waals surface area contributed by atoms with Crippen LogP contribution in [0.4, 0.5) is 0 Å². The van der Waals surface area contributed by atoms with Crippen molar-refractivity contribution in [2.45, 2.75) is 19.3 Å². The van der Waals surface area contributed by atoms with Crippen LogP contribution < -0.4 is 4.74 Å². The number of esters is 2. The molecule has 35 heavy (non-hydrogen) atoms. The van der Waals surface area contributed by atoms with Crippen molar-refractivity contribution in [2.24, 2.45) is 4.99 Å². The fraction of sp³-hybridized carbons (Fsp3) is 0.240. The summed E-state index contributed by atoms with van der Waals surface area (Å²) in [4.78, 5) is 49.1. The molecule has 3 heterocycles. The lowest BCUT2D eigenvalue weighted by Crippen LogP contribution is -2.37. The first-order valence-corrected chi connectivity index (χ1v) is 11.7. The Hall–Kier alpha value is -3.92. The van der Waals surface area contributed by atoms with E-state index in [1.807, 2.05) is 6.07 Å². The maximum atomic E-state index is 13.6. The lowest BCUT2D eigenvalue weighted by molar-refractivity contribution is -0.145. The Balaban J connectivity index is 1.81. The van der Waals surface area contributed by atoms with Crippen molar-refractivity contribution in [3.63, 3.8) is 0 Å². The highest BCUT2D eigenvalue weighted by molar-refractivity contribution is 8.05. The molecule has 1 fully saturated rings. The van der Waals surface area contributed by atoms with Gasteiger partial charge in [-0.05, 0) is 44.2 Å². The standard InChI is InChI=1S/C25H23N3O6S/c1-4-33-20(29)14-34-18-11-6-5-10-17(18)22-21(24(31)32-3)15(2)27-25-28(22)23(30)19(35-25)13-16-9-7-8-12-26-16/h5-13,25H,4,14H2,1-3H3. The third-order valence-corrected chi connectivity index (χ3v) is 6.25. The van der Waals surface area contributed by atoms with Crippen LogP contribution in [-0.4, -0.2) is 59.3 Å². The topological polar surface area (TPSA) is 107 Å². The third kappa shape index (κ3) is 4.97. The molecule has 1 amide bonds. The van der Waals surface area contributed by atoms with E-state index in [1.165, 1.54) is 23.8 Å². The molecule has 4 rings (SSSR count). The SMILES string of the molecule is CCOC(=O)COc1ccccc1C1=C(C(=O)OC)C(C)=NC2SC(=Cc3ccccn3)C(=O)N12. The van der Waals surface area contributed by atoms with Crippen molar-refractivity contribution in [2.75, 3.05) is 20.3 Å².